The summed E-state index contributed by atoms with van der Waals surface area (Å²) in [5.41, 5.74) is 0. The smallest absolute Gasteiger partial charge is 0.159 e. The van der Waals surface area contributed by atoms with Crippen molar-refractivity contribution in [3.05, 3.63) is 22.4 Å². The van der Waals surface area contributed by atoms with Crippen molar-refractivity contribution in [2.45, 2.75) is 38.5 Å². The third-order valence-electron chi connectivity index (χ3n) is 2.98. The summed E-state index contributed by atoms with van der Waals surface area (Å²) in [6.07, 6.45) is 3.25. The minimum atomic E-state index is 0.00221. The largest absolute Gasteiger partial charge is 0.350 e. The lowest BCUT2D eigenvalue weighted by Gasteiger charge is -2.20. The highest BCUT2D eigenvalue weighted by atomic mass is 32.1. The summed E-state index contributed by atoms with van der Waals surface area (Å²) in [6.45, 7) is 4.64. The van der Waals surface area contributed by atoms with Crippen LogP contribution in [0.1, 0.15) is 24.6 Å². The number of hydrogen-bond donors (Lipinski definition) is 1. The fraction of sp³-hybridized carbons (Fsp3) is 0.692. The van der Waals surface area contributed by atoms with Crippen LogP contribution in [-0.2, 0) is 15.9 Å². The summed E-state index contributed by atoms with van der Waals surface area (Å²) in [6, 6.07) is 4.81. The van der Waals surface area contributed by atoms with Gasteiger partial charge in [-0.1, -0.05) is 13.0 Å². The minimum Gasteiger partial charge on any atom is -0.350 e. The Balaban J connectivity index is 1.75. The average molecular weight is 255 g/mol. The van der Waals surface area contributed by atoms with Crippen LogP contribution in [0, 0.1) is 0 Å². The van der Waals surface area contributed by atoms with Crippen LogP contribution >= 0.6 is 11.3 Å². The van der Waals surface area contributed by atoms with Gasteiger partial charge in [0.2, 0.25) is 0 Å². The fourth-order valence-electron chi connectivity index (χ4n) is 2.14. The van der Waals surface area contributed by atoms with E-state index in [9.17, 15) is 0 Å². The molecular formula is C13H21NO2S. The highest BCUT2D eigenvalue weighted by molar-refractivity contribution is 7.09. The molecule has 1 N–H and O–H groups in total. The quantitative estimate of drug-likeness (QED) is 0.811. The normalized spacial score (nSPS) is 18.6. The second-order valence-corrected chi connectivity index (χ2v) is 5.31. The van der Waals surface area contributed by atoms with Crippen molar-refractivity contribution in [1.29, 1.82) is 0 Å². The van der Waals surface area contributed by atoms with Crippen LogP contribution < -0.4 is 5.32 Å². The van der Waals surface area contributed by atoms with Crippen LogP contribution in [-0.4, -0.2) is 32.1 Å². The number of aryl methyl sites for hydroxylation is 1. The molecule has 1 aliphatic rings. The van der Waals surface area contributed by atoms with E-state index in [-0.39, 0.29) is 6.29 Å². The first-order chi connectivity index (χ1) is 8.38. The molecule has 0 amide bonds. The number of nitrogens with one attached hydrogen (secondary N) is 1. The summed E-state index contributed by atoms with van der Waals surface area (Å²) >= 11 is 1.84. The summed E-state index contributed by atoms with van der Waals surface area (Å²) in [7, 11) is 0. The van der Waals surface area contributed by atoms with Gasteiger partial charge < -0.3 is 14.8 Å². The third kappa shape index (κ3) is 4.39. The van der Waals surface area contributed by atoms with Crippen LogP contribution in [0.25, 0.3) is 0 Å². The Morgan fingerprint density at radius 3 is 2.94 bits per heavy atom. The van der Waals surface area contributed by atoms with Gasteiger partial charge >= 0.3 is 0 Å². The summed E-state index contributed by atoms with van der Waals surface area (Å²) in [4.78, 5) is 1.46. The zero-order chi connectivity index (χ0) is 11.9. The van der Waals surface area contributed by atoms with Gasteiger partial charge in [0, 0.05) is 17.3 Å². The predicted octanol–water partition coefficient (Wildman–Crippen LogP) is 2.42. The van der Waals surface area contributed by atoms with Crippen molar-refractivity contribution in [3.8, 4) is 0 Å². The van der Waals surface area contributed by atoms with E-state index in [4.69, 9.17) is 9.47 Å². The van der Waals surface area contributed by atoms with Gasteiger partial charge in [0.05, 0.1) is 13.2 Å². The maximum atomic E-state index is 5.51. The Hall–Kier alpha value is -0.420. The molecule has 1 fully saturated rings. The molecule has 2 rings (SSSR count). The topological polar surface area (TPSA) is 30.5 Å². The summed E-state index contributed by atoms with van der Waals surface area (Å²) in [5.74, 6) is 0. The van der Waals surface area contributed by atoms with E-state index in [1.54, 1.807) is 0 Å². The molecule has 1 saturated heterocycles. The molecule has 0 bridgehead atoms. The fourth-order valence-corrected chi connectivity index (χ4v) is 2.86. The Labute approximate surface area is 107 Å². The molecule has 1 aromatic rings. The molecular weight excluding hydrogens is 234 g/mol. The first-order valence-corrected chi connectivity index (χ1v) is 7.25. The summed E-state index contributed by atoms with van der Waals surface area (Å²) in [5, 5.41) is 5.66. The van der Waals surface area contributed by atoms with Gasteiger partial charge in [0.15, 0.2) is 6.29 Å². The van der Waals surface area contributed by atoms with E-state index in [1.807, 2.05) is 11.3 Å². The first-order valence-electron chi connectivity index (χ1n) is 6.37. The van der Waals surface area contributed by atoms with Gasteiger partial charge in [0.1, 0.15) is 0 Å². The standard InChI is InChI=1S/C13H21NO2S/c1-2-14-11(10-13-15-7-8-16-13)5-6-12-4-3-9-17-12/h3-4,9,11,13-14H,2,5-8,10H2,1H3. The van der Waals surface area contributed by atoms with E-state index >= 15 is 0 Å². The van der Waals surface area contributed by atoms with E-state index in [2.05, 4.69) is 29.8 Å². The highest BCUT2D eigenvalue weighted by Gasteiger charge is 2.20. The molecule has 1 aromatic heterocycles. The van der Waals surface area contributed by atoms with Gasteiger partial charge in [-0.05, 0) is 30.8 Å². The van der Waals surface area contributed by atoms with Gasteiger partial charge in [-0.25, -0.2) is 0 Å². The molecule has 4 heteroatoms. The lowest BCUT2D eigenvalue weighted by Crippen LogP contribution is -2.33. The molecule has 0 saturated carbocycles. The predicted molar refractivity (Wildman–Crippen MR) is 70.4 cm³/mol. The van der Waals surface area contributed by atoms with E-state index < -0.39 is 0 Å². The van der Waals surface area contributed by atoms with Crippen LogP contribution in [0.15, 0.2) is 17.5 Å². The average Bonchev–Trinajstić information content (AvgIpc) is 2.99. The van der Waals surface area contributed by atoms with Gasteiger partial charge in [-0.2, -0.15) is 0 Å². The van der Waals surface area contributed by atoms with Gasteiger partial charge in [0.25, 0.3) is 0 Å². The molecule has 0 spiro atoms. The second-order valence-electron chi connectivity index (χ2n) is 4.28. The van der Waals surface area contributed by atoms with Crippen LogP contribution in [0.2, 0.25) is 0 Å². The lowest BCUT2D eigenvalue weighted by atomic mass is 10.1. The monoisotopic (exact) mass is 255 g/mol. The first kappa shape index (κ1) is 13.0. The molecule has 1 unspecified atom stereocenters. The molecule has 0 aliphatic carbocycles. The molecule has 0 aromatic carbocycles. The molecule has 0 radical (unpaired) electrons. The van der Waals surface area contributed by atoms with Crippen molar-refractivity contribution < 1.29 is 9.47 Å². The van der Waals surface area contributed by atoms with E-state index in [0.717, 1.165) is 39.0 Å². The number of ether oxygens (including phenoxy) is 2. The lowest BCUT2D eigenvalue weighted by molar-refractivity contribution is -0.0530. The molecule has 2 heterocycles. The van der Waals surface area contributed by atoms with Gasteiger partial charge in [-0.3, -0.25) is 0 Å². The zero-order valence-electron chi connectivity index (χ0n) is 10.4. The van der Waals surface area contributed by atoms with Gasteiger partial charge in [-0.15, -0.1) is 11.3 Å². The van der Waals surface area contributed by atoms with Crippen LogP contribution in [0.4, 0.5) is 0 Å². The SMILES string of the molecule is CCNC(CCc1cccs1)CC1OCCO1. The van der Waals surface area contributed by atoms with E-state index in [1.165, 1.54) is 4.88 Å². The number of rotatable bonds is 7. The molecule has 1 atom stereocenters. The zero-order valence-corrected chi connectivity index (χ0v) is 11.2. The van der Waals surface area contributed by atoms with Crippen molar-refractivity contribution in [2.75, 3.05) is 19.8 Å². The Kier molecular flexibility index (Phi) is 5.45. The maximum Gasteiger partial charge on any atom is 0.159 e. The van der Waals surface area contributed by atoms with Crippen molar-refractivity contribution >= 4 is 11.3 Å². The molecule has 96 valence electrons. The minimum absolute atomic E-state index is 0.00221. The second kappa shape index (κ2) is 7.11. The maximum absolute atomic E-state index is 5.51. The Bertz CT molecular complexity index is 296. The molecule has 3 nitrogen and oxygen atoms in total. The number of thiophene rings is 1. The highest BCUT2D eigenvalue weighted by Crippen LogP contribution is 2.16. The van der Waals surface area contributed by atoms with Crippen LogP contribution in [0.3, 0.4) is 0 Å². The van der Waals surface area contributed by atoms with Crippen molar-refractivity contribution in [2.24, 2.45) is 0 Å². The van der Waals surface area contributed by atoms with Crippen LogP contribution in [0.5, 0.6) is 0 Å². The molecule has 17 heavy (non-hydrogen) atoms. The Morgan fingerprint density at radius 2 is 2.29 bits per heavy atom. The molecule has 1 aliphatic heterocycles. The van der Waals surface area contributed by atoms with E-state index in [0.29, 0.717) is 6.04 Å². The van der Waals surface area contributed by atoms with Crippen molar-refractivity contribution in [1.82, 2.24) is 5.32 Å². The Morgan fingerprint density at radius 1 is 1.47 bits per heavy atom. The summed E-state index contributed by atoms with van der Waals surface area (Å²) < 4.78 is 11.0. The number of hydrogen-bond acceptors (Lipinski definition) is 4. The third-order valence-corrected chi connectivity index (χ3v) is 3.92. The van der Waals surface area contributed by atoms with Crippen molar-refractivity contribution in [3.63, 3.8) is 0 Å².